The topological polar surface area (TPSA) is 47.0 Å². The Kier molecular flexibility index (Phi) is 4.36. The summed E-state index contributed by atoms with van der Waals surface area (Å²) in [6.07, 6.45) is 1.46. The molecule has 0 unspecified atom stereocenters. The fraction of sp³-hybridized carbons (Fsp3) is 0.167. The molecule has 0 fully saturated rings. The van der Waals surface area contributed by atoms with E-state index in [9.17, 15) is 0 Å². The molecule has 0 saturated carbocycles. The first kappa shape index (κ1) is 13.1. The van der Waals surface area contributed by atoms with Crippen LogP contribution in [0.3, 0.4) is 0 Å². The van der Waals surface area contributed by atoms with Crippen LogP contribution in [0.1, 0.15) is 5.56 Å². The first-order valence-electron chi connectivity index (χ1n) is 5.22. The third-order valence-corrected chi connectivity index (χ3v) is 2.67. The number of aromatic nitrogens is 2. The standard InChI is InChI=1S/C12H11Cl2N3O/c1-18-7-8-3-2-4-9(5-8)16-11-10(13)6-15-12(14)17-11/h2-6H,7H2,1H3,(H,15,16,17). The van der Waals surface area contributed by atoms with Gasteiger partial charge in [-0.3, -0.25) is 0 Å². The molecular formula is C12H11Cl2N3O. The highest BCUT2D eigenvalue weighted by molar-refractivity contribution is 6.33. The summed E-state index contributed by atoms with van der Waals surface area (Å²) in [5.74, 6) is 0.478. The molecule has 1 N–H and O–H groups in total. The van der Waals surface area contributed by atoms with Crippen molar-refractivity contribution in [3.8, 4) is 0 Å². The minimum atomic E-state index is 0.148. The maximum atomic E-state index is 5.98. The second-order valence-electron chi connectivity index (χ2n) is 3.59. The molecule has 0 aliphatic heterocycles. The number of rotatable bonds is 4. The average molecular weight is 284 g/mol. The van der Waals surface area contributed by atoms with Gasteiger partial charge in [-0.2, -0.15) is 4.98 Å². The average Bonchev–Trinajstić information content (AvgIpc) is 2.35. The lowest BCUT2D eigenvalue weighted by Gasteiger charge is -2.08. The van der Waals surface area contributed by atoms with Gasteiger partial charge < -0.3 is 10.1 Å². The van der Waals surface area contributed by atoms with Crippen LogP contribution in [0.2, 0.25) is 10.3 Å². The Hall–Kier alpha value is -1.36. The second kappa shape index (κ2) is 6.00. The molecule has 0 aliphatic carbocycles. The van der Waals surface area contributed by atoms with Gasteiger partial charge in [-0.05, 0) is 29.3 Å². The van der Waals surface area contributed by atoms with E-state index in [1.54, 1.807) is 7.11 Å². The number of methoxy groups -OCH3 is 1. The Morgan fingerprint density at radius 1 is 1.33 bits per heavy atom. The Bertz CT molecular complexity index is 549. The second-order valence-corrected chi connectivity index (χ2v) is 4.34. The number of ether oxygens (including phenoxy) is 1. The molecule has 0 spiro atoms. The Labute approximate surface area is 115 Å². The summed E-state index contributed by atoms with van der Waals surface area (Å²) in [6, 6.07) is 7.76. The van der Waals surface area contributed by atoms with E-state index >= 15 is 0 Å². The molecule has 0 radical (unpaired) electrons. The highest BCUT2D eigenvalue weighted by Crippen LogP contribution is 2.24. The van der Waals surface area contributed by atoms with E-state index in [2.05, 4.69) is 15.3 Å². The molecule has 2 aromatic rings. The smallest absolute Gasteiger partial charge is 0.224 e. The number of benzene rings is 1. The van der Waals surface area contributed by atoms with Crippen molar-refractivity contribution in [2.45, 2.75) is 6.61 Å². The largest absolute Gasteiger partial charge is 0.380 e. The van der Waals surface area contributed by atoms with Crippen molar-refractivity contribution in [2.24, 2.45) is 0 Å². The van der Waals surface area contributed by atoms with Crippen LogP contribution in [0.25, 0.3) is 0 Å². The molecule has 1 heterocycles. The first-order valence-corrected chi connectivity index (χ1v) is 5.97. The molecule has 1 aromatic carbocycles. The monoisotopic (exact) mass is 283 g/mol. The summed E-state index contributed by atoms with van der Waals surface area (Å²) in [5, 5.41) is 3.65. The molecule has 4 nitrogen and oxygen atoms in total. The first-order chi connectivity index (χ1) is 8.69. The normalized spacial score (nSPS) is 10.4. The van der Waals surface area contributed by atoms with Crippen molar-refractivity contribution >= 4 is 34.7 Å². The maximum absolute atomic E-state index is 5.98. The van der Waals surface area contributed by atoms with Crippen molar-refractivity contribution < 1.29 is 4.74 Å². The van der Waals surface area contributed by atoms with E-state index in [4.69, 9.17) is 27.9 Å². The minimum Gasteiger partial charge on any atom is -0.380 e. The summed E-state index contributed by atoms with van der Waals surface area (Å²) in [4.78, 5) is 7.81. The number of nitrogens with one attached hydrogen (secondary N) is 1. The molecule has 0 aliphatic rings. The van der Waals surface area contributed by atoms with E-state index in [-0.39, 0.29) is 5.28 Å². The van der Waals surface area contributed by atoms with Gasteiger partial charge >= 0.3 is 0 Å². The Morgan fingerprint density at radius 2 is 2.17 bits per heavy atom. The fourth-order valence-electron chi connectivity index (χ4n) is 1.48. The Morgan fingerprint density at radius 3 is 2.94 bits per heavy atom. The predicted octanol–water partition coefficient (Wildman–Crippen LogP) is 3.67. The van der Waals surface area contributed by atoms with Crippen LogP contribution in [0.5, 0.6) is 0 Å². The van der Waals surface area contributed by atoms with Crippen molar-refractivity contribution in [1.82, 2.24) is 9.97 Å². The van der Waals surface area contributed by atoms with Gasteiger partial charge in [0.05, 0.1) is 12.8 Å². The summed E-state index contributed by atoms with van der Waals surface area (Å²) in [7, 11) is 1.65. The lowest BCUT2D eigenvalue weighted by molar-refractivity contribution is 0.185. The number of halogens is 2. The van der Waals surface area contributed by atoms with Crippen LogP contribution in [0, 0.1) is 0 Å². The molecular weight excluding hydrogens is 273 g/mol. The number of hydrogen-bond donors (Lipinski definition) is 1. The van der Waals surface area contributed by atoms with Gasteiger partial charge in [-0.15, -0.1) is 0 Å². The number of nitrogens with zero attached hydrogens (tertiary/aromatic N) is 2. The highest BCUT2D eigenvalue weighted by atomic mass is 35.5. The molecule has 0 bridgehead atoms. The van der Waals surface area contributed by atoms with Gasteiger partial charge in [0.1, 0.15) is 5.02 Å². The van der Waals surface area contributed by atoms with Crippen molar-refractivity contribution in [3.63, 3.8) is 0 Å². The molecule has 18 heavy (non-hydrogen) atoms. The quantitative estimate of drug-likeness (QED) is 0.870. The summed E-state index contributed by atoms with van der Waals surface area (Å²) < 4.78 is 5.08. The predicted molar refractivity (Wildman–Crippen MR) is 72.5 cm³/mol. The highest BCUT2D eigenvalue weighted by Gasteiger charge is 2.05. The van der Waals surface area contributed by atoms with Crippen LogP contribution < -0.4 is 5.32 Å². The summed E-state index contributed by atoms with van der Waals surface area (Å²) in [6.45, 7) is 0.549. The van der Waals surface area contributed by atoms with Crippen molar-refractivity contribution in [1.29, 1.82) is 0 Å². The van der Waals surface area contributed by atoms with E-state index < -0.39 is 0 Å². The van der Waals surface area contributed by atoms with Gasteiger partial charge in [-0.25, -0.2) is 4.98 Å². The molecule has 1 aromatic heterocycles. The van der Waals surface area contributed by atoms with Crippen LogP contribution in [-0.4, -0.2) is 17.1 Å². The van der Waals surface area contributed by atoms with Gasteiger partial charge in [0, 0.05) is 12.8 Å². The van der Waals surface area contributed by atoms with Crippen LogP contribution >= 0.6 is 23.2 Å². The van der Waals surface area contributed by atoms with Crippen molar-refractivity contribution in [3.05, 3.63) is 46.3 Å². The van der Waals surface area contributed by atoms with Gasteiger partial charge in [0.15, 0.2) is 5.82 Å². The third kappa shape index (κ3) is 3.32. The molecule has 2 rings (SSSR count). The number of anilines is 2. The van der Waals surface area contributed by atoms with Gasteiger partial charge in [0.2, 0.25) is 5.28 Å². The van der Waals surface area contributed by atoms with Crippen molar-refractivity contribution in [2.75, 3.05) is 12.4 Å². The minimum absolute atomic E-state index is 0.148. The molecule has 0 saturated heterocycles. The summed E-state index contributed by atoms with van der Waals surface area (Å²) >= 11 is 11.7. The van der Waals surface area contributed by atoms with E-state index in [1.807, 2.05) is 24.3 Å². The van der Waals surface area contributed by atoms with E-state index in [1.165, 1.54) is 6.20 Å². The zero-order valence-electron chi connectivity index (χ0n) is 9.65. The molecule has 0 amide bonds. The van der Waals surface area contributed by atoms with E-state index in [0.717, 1.165) is 11.3 Å². The molecule has 94 valence electrons. The number of hydrogen-bond acceptors (Lipinski definition) is 4. The third-order valence-electron chi connectivity index (χ3n) is 2.22. The lowest BCUT2D eigenvalue weighted by atomic mass is 10.2. The van der Waals surface area contributed by atoms with E-state index in [0.29, 0.717) is 17.4 Å². The fourth-order valence-corrected chi connectivity index (χ4v) is 1.75. The maximum Gasteiger partial charge on any atom is 0.224 e. The zero-order valence-corrected chi connectivity index (χ0v) is 11.2. The van der Waals surface area contributed by atoms with Gasteiger partial charge in [0.25, 0.3) is 0 Å². The molecule has 0 atom stereocenters. The Balaban J connectivity index is 2.22. The summed E-state index contributed by atoms with van der Waals surface area (Å²) in [5.41, 5.74) is 1.92. The zero-order chi connectivity index (χ0) is 13.0. The lowest BCUT2D eigenvalue weighted by Crippen LogP contribution is -1.97. The van der Waals surface area contributed by atoms with Gasteiger partial charge in [-0.1, -0.05) is 23.7 Å². The van der Waals surface area contributed by atoms with Crippen LogP contribution in [0.4, 0.5) is 11.5 Å². The van der Waals surface area contributed by atoms with Crippen LogP contribution in [-0.2, 0) is 11.3 Å². The van der Waals surface area contributed by atoms with Crippen LogP contribution in [0.15, 0.2) is 30.5 Å². The molecule has 6 heteroatoms. The SMILES string of the molecule is COCc1cccc(Nc2nc(Cl)ncc2Cl)c1.